The molecule has 3 fully saturated rings. The lowest BCUT2D eigenvalue weighted by molar-refractivity contribution is -0.305. The van der Waals surface area contributed by atoms with Crippen molar-refractivity contribution in [1.82, 2.24) is 19.9 Å². The van der Waals surface area contributed by atoms with Crippen LogP contribution < -0.4 is 0 Å². The van der Waals surface area contributed by atoms with Gasteiger partial charge in [-0.1, -0.05) is 45.0 Å². The van der Waals surface area contributed by atoms with Gasteiger partial charge in [-0.05, 0) is 77.6 Å². The van der Waals surface area contributed by atoms with E-state index in [1.807, 2.05) is 25.8 Å². The summed E-state index contributed by atoms with van der Waals surface area (Å²) in [5.41, 5.74) is -2.03. The number of benzene rings is 1. The molecule has 3 saturated heterocycles. The first kappa shape index (κ1) is 58.8. The number of halogens is 1. The van der Waals surface area contributed by atoms with Gasteiger partial charge in [-0.25, -0.2) is 22.5 Å². The fraction of sp³-hybridized carbons (Fsp3) is 0.740. The third kappa shape index (κ3) is 13.8. The smallest absolute Gasteiger partial charge is 0.311 e. The zero-order valence-electron chi connectivity index (χ0n) is 43.9. The molecule has 4 heterocycles. The van der Waals surface area contributed by atoms with E-state index in [4.69, 9.17) is 33.2 Å². The van der Waals surface area contributed by atoms with Gasteiger partial charge in [-0.3, -0.25) is 24.1 Å². The number of cyclic esters (lactones) is 1. The minimum absolute atomic E-state index is 0.0394. The summed E-state index contributed by atoms with van der Waals surface area (Å²) in [4.78, 5) is 60.1. The van der Waals surface area contributed by atoms with Crippen molar-refractivity contribution < 1.29 is 75.4 Å². The van der Waals surface area contributed by atoms with Gasteiger partial charge in [-0.15, -0.1) is 5.10 Å². The molecular weight excluding hydrogens is 962 g/mol. The highest BCUT2D eigenvalue weighted by atomic mass is 32.2. The summed E-state index contributed by atoms with van der Waals surface area (Å²) >= 11 is 0. The lowest BCUT2D eigenvalue weighted by Crippen LogP contribution is -2.61. The Morgan fingerprint density at radius 1 is 1.07 bits per heavy atom. The van der Waals surface area contributed by atoms with Crippen molar-refractivity contribution >= 4 is 39.2 Å². The van der Waals surface area contributed by atoms with E-state index in [9.17, 15) is 42.2 Å². The number of hydrogen-bond donors (Lipinski definition) is 2. The standard InChI is InChI=1S/C50H76FN5O15S/c1-14-40-50(10,62)46-29(4)41(52-32(7)57)27(2)22-49(9,67-26-36(59)25-66-46)45(30(5)42(60)31(6)47(61)70-40)71-48-44(69-33(8)58)38(21-28(3)68-48)55(11)20-19-35-24-56(54-53-35)39(23-51)43(65-12)34-15-17-37(18-16-34)72(13,63)64/h15-18,24,27-31,38-40,42-46,48,60,62H,14,19-23,25-26H2,1-13H3/b52-41+/t27-,28-,29+,30+,31-,38+,39-,40-,42+,43-,44-,45-,46-,48+,49-,50-/m1/s1. The molecule has 0 spiro atoms. The number of fused-ring (bicyclic) bond motifs is 5. The number of aliphatic hydroxyl groups is 2. The topological polar surface area (TPSA) is 254 Å². The van der Waals surface area contributed by atoms with Crippen LogP contribution in [0.15, 0.2) is 40.4 Å². The number of hydrogen-bond acceptors (Lipinski definition) is 18. The average molecular weight is 1040 g/mol. The number of likely N-dealkylation sites (N-methyl/N-ethyl adjacent to an activating group) is 1. The first-order valence-electron chi connectivity index (χ1n) is 24.6. The van der Waals surface area contributed by atoms with Crippen LogP contribution in [0.5, 0.6) is 0 Å². The van der Waals surface area contributed by atoms with Crippen LogP contribution in [0.2, 0.25) is 0 Å². The number of aromatic nitrogens is 3. The molecule has 2 aromatic rings. The lowest BCUT2D eigenvalue weighted by atomic mass is 9.73. The number of carbonyl (C=O) groups is 4. The summed E-state index contributed by atoms with van der Waals surface area (Å²) < 4.78 is 84.3. The molecular formula is C50H76FN5O15S. The molecule has 0 saturated carbocycles. The lowest BCUT2D eigenvalue weighted by Gasteiger charge is -2.49. The van der Waals surface area contributed by atoms with Crippen molar-refractivity contribution in [2.75, 3.05) is 46.8 Å². The van der Waals surface area contributed by atoms with Gasteiger partial charge in [0.05, 0.1) is 52.6 Å². The van der Waals surface area contributed by atoms with E-state index in [0.717, 1.165) is 6.26 Å². The first-order valence-corrected chi connectivity index (χ1v) is 26.5. The number of sulfone groups is 1. The molecule has 0 radical (unpaired) electrons. The Balaban J connectivity index is 1.50. The second kappa shape index (κ2) is 24.5. The predicted molar refractivity (Wildman–Crippen MR) is 259 cm³/mol. The number of nitrogens with zero attached hydrogens (tertiary/aromatic N) is 5. The predicted octanol–water partition coefficient (Wildman–Crippen LogP) is 3.99. The molecule has 3 aliphatic rings. The van der Waals surface area contributed by atoms with E-state index in [-0.39, 0.29) is 17.7 Å². The van der Waals surface area contributed by atoms with Gasteiger partial charge in [0.1, 0.15) is 43.7 Å². The van der Waals surface area contributed by atoms with Crippen molar-refractivity contribution in [1.29, 1.82) is 0 Å². The Hall–Kier alpha value is -4.13. The summed E-state index contributed by atoms with van der Waals surface area (Å²) in [6.07, 6.45) is -5.20. The van der Waals surface area contributed by atoms with E-state index in [1.54, 1.807) is 46.0 Å². The summed E-state index contributed by atoms with van der Waals surface area (Å²) in [5, 5.41) is 33.0. The quantitative estimate of drug-likeness (QED) is 0.254. The molecule has 404 valence electrons. The Kier molecular flexibility index (Phi) is 20.0. The molecule has 16 atom stereocenters. The Morgan fingerprint density at radius 2 is 1.74 bits per heavy atom. The van der Waals surface area contributed by atoms with Crippen LogP contribution in [0, 0.1) is 23.7 Å². The molecule has 2 N–H and O–H groups in total. The van der Waals surface area contributed by atoms with Gasteiger partial charge >= 0.3 is 11.9 Å². The molecule has 5 rings (SSSR count). The van der Waals surface area contributed by atoms with E-state index in [1.165, 1.54) is 51.6 Å². The molecule has 2 bridgehead atoms. The number of ketones is 1. The van der Waals surface area contributed by atoms with Crippen LogP contribution in [0.4, 0.5) is 4.39 Å². The minimum atomic E-state index is -3.46. The molecule has 1 amide bonds. The van der Waals surface area contributed by atoms with Crippen molar-refractivity contribution in [3.63, 3.8) is 0 Å². The molecule has 0 aliphatic carbocycles. The molecule has 22 heteroatoms. The Labute approximate surface area is 422 Å². The highest BCUT2D eigenvalue weighted by molar-refractivity contribution is 7.90. The summed E-state index contributed by atoms with van der Waals surface area (Å²) in [6.45, 7) is 14.5. The van der Waals surface area contributed by atoms with Crippen molar-refractivity contribution in [3.05, 3.63) is 41.7 Å². The minimum Gasteiger partial charge on any atom is -0.459 e. The van der Waals surface area contributed by atoms with Gasteiger partial charge in [0, 0.05) is 63.9 Å². The second-order valence-electron chi connectivity index (χ2n) is 20.4. The molecule has 20 nitrogen and oxygen atoms in total. The third-order valence-electron chi connectivity index (χ3n) is 14.5. The van der Waals surface area contributed by atoms with E-state index in [2.05, 4.69) is 15.3 Å². The van der Waals surface area contributed by atoms with Crippen LogP contribution in [0.25, 0.3) is 0 Å². The molecule has 1 aromatic heterocycles. The van der Waals surface area contributed by atoms with Gasteiger partial charge in [0.15, 0.2) is 28.0 Å². The number of rotatable bonds is 14. The molecule has 1 aromatic carbocycles. The maximum atomic E-state index is 14.8. The number of aliphatic hydroxyl groups excluding tert-OH is 1. The second-order valence-corrected chi connectivity index (χ2v) is 22.4. The van der Waals surface area contributed by atoms with Crippen molar-refractivity contribution in [2.45, 2.75) is 172 Å². The maximum absolute atomic E-state index is 14.8. The number of Topliss-reactive ketones (excluding diaryl/α,β-unsaturated/α-hetero) is 1. The average Bonchev–Trinajstić information content (AvgIpc) is 3.78. The van der Waals surface area contributed by atoms with Gasteiger partial charge in [-0.2, -0.15) is 0 Å². The van der Waals surface area contributed by atoms with Crippen LogP contribution in [-0.4, -0.2) is 175 Å². The largest absolute Gasteiger partial charge is 0.459 e. The van der Waals surface area contributed by atoms with Crippen molar-refractivity contribution in [3.8, 4) is 0 Å². The first-order chi connectivity index (χ1) is 33.7. The van der Waals surface area contributed by atoms with Crippen LogP contribution >= 0.6 is 0 Å². The number of amides is 1. The molecule has 0 unspecified atom stereocenters. The summed E-state index contributed by atoms with van der Waals surface area (Å²) in [7, 11) is -0.195. The normalized spacial score (nSPS) is 34.9. The van der Waals surface area contributed by atoms with Gasteiger partial charge in [0.25, 0.3) is 0 Å². The van der Waals surface area contributed by atoms with Crippen LogP contribution in [0.1, 0.15) is 112 Å². The molecule has 3 aliphatic heterocycles. The number of carbonyl (C=O) groups excluding carboxylic acids is 4. The highest BCUT2D eigenvalue weighted by Gasteiger charge is 2.54. The number of methoxy groups -OCH3 is 1. The zero-order valence-corrected chi connectivity index (χ0v) is 44.7. The fourth-order valence-corrected chi connectivity index (χ4v) is 11.3. The van der Waals surface area contributed by atoms with Gasteiger partial charge in [0.2, 0.25) is 5.91 Å². The fourth-order valence-electron chi connectivity index (χ4n) is 10.7. The van der Waals surface area contributed by atoms with Crippen molar-refractivity contribution in [2.24, 2.45) is 28.7 Å². The van der Waals surface area contributed by atoms with E-state index < -0.39 is 149 Å². The SMILES string of the molecule is CC[C@H]1OC(=O)[C@H](C)[C@@H](O)[C@H](C)[C@@H](O[C@@H]2O[C@H](C)C[C@H](N(C)CCc3cn([C@H](CF)[C@H](OC)c4ccc(S(C)(=O)=O)cc4)nn3)[C@H]2OC(C)=O)[C@@]2(C)C[C@@H](C)/C(=N\C(C)=O)[C@H](C)[C@@H](OCC(=O)CO2)[C@]1(C)O. The maximum Gasteiger partial charge on any atom is 0.311 e. The molecule has 72 heavy (non-hydrogen) atoms. The number of aliphatic imine (C=N–C) groups is 1. The van der Waals surface area contributed by atoms with E-state index >= 15 is 0 Å². The summed E-state index contributed by atoms with van der Waals surface area (Å²) in [5.74, 6) is -6.04. The monoisotopic (exact) mass is 1040 g/mol. The Morgan fingerprint density at radius 3 is 2.32 bits per heavy atom. The number of ether oxygens (including phenoxy) is 7. The number of esters is 2. The zero-order chi connectivity index (χ0) is 53.6. The van der Waals surface area contributed by atoms with Crippen LogP contribution in [-0.2, 0) is 68.6 Å². The third-order valence-corrected chi connectivity index (χ3v) is 15.7. The summed E-state index contributed by atoms with van der Waals surface area (Å²) in [6, 6.07) is 4.55. The van der Waals surface area contributed by atoms with Crippen LogP contribution in [0.3, 0.4) is 0 Å². The van der Waals surface area contributed by atoms with Gasteiger partial charge < -0.3 is 43.4 Å². The number of alkyl halides is 1. The Bertz CT molecular complexity index is 2330. The van der Waals surface area contributed by atoms with E-state index in [0.29, 0.717) is 36.4 Å². The highest BCUT2D eigenvalue weighted by Crippen LogP contribution is 2.41.